The molecule has 0 radical (unpaired) electrons. The largest absolute Gasteiger partial charge is 0.508 e. The summed E-state index contributed by atoms with van der Waals surface area (Å²) in [6.45, 7) is 0.395. The lowest BCUT2D eigenvalue weighted by atomic mass is 10.0. The highest BCUT2D eigenvalue weighted by molar-refractivity contribution is 5.92. The lowest BCUT2D eigenvalue weighted by Gasteiger charge is -2.24. The zero-order valence-electron chi connectivity index (χ0n) is 14.1. The van der Waals surface area contributed by atoms with Crippen molar-refractivity contribution < 1.29 is 34.8 Å². The first-order valence-electron chi connectivity index (χ1n) is 7.81. The number of aliphatic hydroxyl groups excluding tert-OH is 2. The number of phenols is 1. The van der Waals surface area contributed by atoms with Gasteiger partial charge in [0.15, 0.2) is 0 Å². The Morgan fingerprint density at radius 3 is 2.15 bits per heavy atom. The molecule has 4 atom stereocenters. The molecule has 1 aromatic carbocycles. The van der Waals surface area contributed by atoms with Crippen LogP contribution in [0.1, 0.15) is 12.5 Å². The Labute approximate surface area is 149 Å². The van der Waals surface area contributed by atoms with E-state index in [1.807, 2.05) is 5.32 Å². The lowest BCUT2D eigenvalue weighted by molar-refractivity contribution is -0.144. The summed E-state index contributed by atoms with van der Waals surface area (Å²) >= 11 is 0. The van der Waals surface area contributed by atoms with Crippen LogP contribution in [-0.4, -0.2) is 69.0 Å². The number of carbonyl (C=O) groups excluding carboxylic acids is 2. The second-order valence-corrected chi connectivity index (χ2v) is 5.79. The molecule has 0 aliphatic carbocycles. The van der Waals surface area contributed by atoms with Crippen LogP contribution in [-0.2, 0) is 20.8 Å². The predicted molar refractivity (Wildman–Crippen MR) is 90.1 cm³/mol. The number of carboxylic acid groups (broad SMARTS) is 1. The van der Waals surface area contributed by atoms with Crippen molar-refractivity contribution in [3.8, 4) is 5.75 Å². The van der Waals surface area contributed by atoms with Crippen molar-refractivity contribution in [2.75, 3.05) is 6.61 Å². The molecule has 0 spiro atoms. The maximum absolute atomic E-state index is 12.2. The lowest BCUT2D eigenvalue weighted by Crippen LogP contribution is -2.58. The molecule has 0 unspecified atom stereocenters. The van der Waals surface area contributed by atoms with E-state index < -0.39 is 48.6 Å². The van der Waals surface area contributed by atoms with Gasteiger partial charge in [-0.05, 0) is 31.0 Å². The Morgan fingerprint density at radius 2 is 1.69 bits per heavy atom. The van der Waals surface area contributed by atoms with Gasteiger partial charge in [-0.2, -0.15) is 0 Å². The molecule has 0 aliphatic heterocycles. The number of phenolic OH excluding ortho intramolecular Hbond substituents is 1. The molecule has 0 aromatic heterocycles. The Balaban J connectivity index is 2.72. The van der Waals surface area contributed by atoms with E-state index in [9.17, 15) is 24.6 Å². The van der Waals surface area contributed by atoms with Gasteiger partial charge >= 0.3 is 5.97 Å². The van der Waals surface area contributed by atoms with E-state index >= 15 is 0 Å². The van der Waals surface area contributed by atoms with Crippen LogP contribution in [0.2, 0.25) is 0 Å². The van der Waals surface area contributed by atoms with E-state index in [4.69, 9.17) is 15.9 Å². The first-order chi connectivity index (χ1) is 12.1. The average Bonchev–Trinajstić information content (AvgIpc) is 2.58. The van der Waals surface area contributed by atoms with Gasteiger partial charge in [0.05, 0.1) is 18.8 Å². The highest BCUT2D eigenvalue weighted by atomic mass is 16.4. The van der Waals surface area contributed by atoms with Gasteiger partial charge in [0, 0.05) is 0 Å². The maximum Gasteiger partial charge on any atom is 0.328 e. The van der Waals surface area contributed by atoms with Gasteiger partial charge in [-0.1, -0.05) is 12.1 Å². The third-order valence-electron chi connectivity index (χ3n) is 3.59. The number of amides is 2. The normalized spacial score (nSPS) is 15.4. The minimum absolute atomic E-state index is 0.0643. The third kappa shape index (κ3) is 6.31. The Kier molecular flexibility index (Phi) is 7.97. The summed E-state index contributed by atoms with van der Waals surface area (Å²) in [5, 5.41) is 41.0. The van der Waals surface area contributed by atoms with Crippen molar-refractivity contribution in [3.63, 3.8) is 0 Å². The van der Waals surface area contributed by atoms with Crippen LogP contribution in [0.15, 0.2) is 24.3 Å². The van der Waals surface area contributed by atoms with Crippen molar-refractivity contribution in [2.45, 2.75) is 37.6 Å². The average molecular weight is 369 g/mol. The monoisotopic (exact) mass is 369 g/mol. The fourth-order valence-electron chi connectivity index (χ4n) is 2.09. The number of rotatable bonds is 9. The van der Waals surface area contributed by atoms with Gasteiger partial charge in [-0.25, -0.2) is 4.79 Å². The minimum atomic E-state index is -1.56. The highest BCUT2D eigenvalue weighted by Gasteiger charge is 2.30. The maximum atomic E-state index is 12.2. The van der Waals surface area contributed by atoms with Crippen LogP contribution in [0.4, 0.5) is 0 Å². The van der Waals surface area contributed by atoms with E-state index in [1.165, 1.54) is 19.1 Å². The Bertz CT molecular complexity index is 633. The highest BCUT2D eigenvalue weighted by Crippen LogP contribution is 2.11. The van der Waals surface area contributed by atoms with Crippen molar-refractivity contribution in [1.82, 2.24) is 10.6 Å². The fraction of sp³-hybridized carbons (Fsp3) is 0.438. The smallest absolute Gasteiger partial charge is 0.328 e. The summed E-state index contributed by atoms with van der Waals surface area (Å²) in [7, 11) is 0. The molecular weight excluding hydrogens is 346 g/mol. The molecule has 26 heavy (non-hydrogen) atoms. The van der Waals surface area contributed by atoms with Crippen molar-refractivity contribution >= 4 is 17.8 Å². The topological polar surface area (TPSA) is 182 Å². The van der Waals surface area contributed by atoms with Gasteiger partial charge in [0.25, 0.3) is 0 Å². The van der Waals surface area contributed by atoms with E-state index in [0.717, 1.165) is 0 Å². The van der Waals surface area contributed by atoms with E-state index in [1.54, 1.807) is 12.1 Å². The van der Waals surface area contributed by atoms with E-state index in [-0.39, 0.29) is 12.2 Å². The quantitative estimate of drug-likeness (QED) is 0.253. The zero-order chi connectivity index (χ0) is 19.9. The molecule has 1 rings (SSSR count). The minimum Gasteiger partial charge on any atom is -0.508 e. The van der Waals surface area contributed by atoms with Gasteiger partial charge in [-0.15, -0.1) is 0 Å². The number of aliphatic hydroxyl groups is 2. The number of aliphatic carboxylic acids is 1. The molecular formula is C16H23N3O7. The summed E-state index contributed by atoms with van der Waals surface area (Å²) < 4.78 is 0. The number of hydrogen-bond acceptors (Lipinski definition) is 7. The summed E-state index contributed by atoms with van der Waals surface area (Å²) in [6, 6.07) is 2.00. The van der Waals surface area contributed by atoms with Gasteiger partial charge < -0.3 is 36.8 Å². The predicted octanol–water partition coefficient (Wildman–Crippen LogP) is -2.31. The molecule has 0 bridgehead atoms. The number of benzene rings is 1. The summed E-state index contributed by atoms with van der Waals surface area (Å²) in [5.41, 5.74) is 6.47. The van der Waals surface area contributed by atoms with Crippen LogP contribution < -0.4 is 16.4 Å². The SMILES string of the molecule is C[C@@H](O)[C@H](NC(=O)[C@@H](N)Cc1ccc(O)cc1)C(=O)N[C@@H](CO)C(=O)O. The van der Waals surface area contributed by atoms with E-state index in [2.05, 4.69) is 5.32 Å². The molecule has 10 heteroatoms. The first-order valence-corrected chi connectivity index (χ1v) is 7.81. The van der Waals surface area contributed by atoms with Crippen LogP contribution in [0.25, 0.3) is 0 Å². The van der Waals surface area contributed by atoms with Crippen LogP contribution in [0, 0.1) is 0 Å². The number of nitrogens with one attached hydrogen (secondary N) is 2. The molecule has 0 aliphatic rings. The summed E-state index contributed by atoms with van der Waals surface area (Å²) in [5.74, 6) is -3.09. The molecule has 0 fully saturated rings. The first kappa shape index (κ1) is 21.4. The van der Waals surface area contributed by atoms with Crippen molar-refractivity contribution in [1.29, 1.82) is 0 Å². The molecule has 1 aromatic rings. The Morgan fingerprint density at radius 1 is 1.12 bits per heavy atom. The second kappa shape index (κ2) is 9.70. The van der Waals surface area contributed by atoms with Crippen molar-refractivity contribution in [3.05, 3.63) is 29.8 Å². The Hall–Kier alpha value is -2.69. The zero-order valence-corrected chi connectivity index (χ0v) is 14.1. The molecule has 0 heterocycles. The molecule has 0 saturated heterocycles. The fourth-order valence-corrected chi connectivity index (χ4v) is 2.09. The summed E-state index contributed by atoms with van der Waals surface area (Å²) in [4.78, 5) is 35.1. The number of aromatic hydroxyl groups is 1. The number of nitrogens with two attached hydrogens (primary N) is 1. The van der Waals surface area contributed by atoms with Crippen LogP contribution in [0.5, 0.6) is 5.75 Å². The van der Waals surface area contributed by atoms with E-state index in [0.29, 0.717) is 5.56 Å². The molecule has 8 N–H and O–H groups in total. The molecule has 144 valence electrons. The van der Waals surface area contributed by atoms with Crippen LogP contribution >= 0.6 is 0 Å². The third-order valence-corrected chi connectivity index (χ3v) is 3.59. The number of carboxylic acids is 1. The van der Waals surface area contributed by atoms with Gasteiger partial charge in [0.1, 0.15) is 17.8 Å². The van der Waals surface area contributed by atoms with Crippen molar-refractivity contribution in [2.24, 2.45) is 5.73 Å². The molecule has 10 nitrogen and oxygen atoms in total. The number of hydrogen-bond donors (Lipinski definition) is 7. The second-order valence-electron chi connectivity index (χ2n) is 5.79. The van der Waals surface area contributed by atoms with Gasteiger partial charge in [-0.3, -0.25) is 9.59 Å². The number of carbonyl (C=O) groups is 3. The molecule has 0 saturated carbocycles. The van der Waals surface area contributed by atoms with Crippen LogP contribution in [0.3, 0.4) is 0 Å². The standard InChI is InChI=1S/C16H23N3O7/c1-8(21)13(15(24)18-12(7-20)16(25)26)19-14(23)11(17)6-9-2-4-10(22)5-3-9/h2-5,8,11-13,20-22H,6-7,17H2,1H3,(H,18,24)(H,19,23)(H,25,26)/t8-,11+,12+,13+/m1/s1. The summed E-state index contributed by atoms with van der Waals surface area (Å²) in [6.07, 6.45) is -1.21. The molecule has 2 amide bonds. The van der Waals surface area contributed by atoms with Gasteiger partial charge in [0.2, 0.25) is 11.8 Å².